The maximum Gasteiger partial charge on any atom is 0.0530 e. The molecule has 3 N–H and O–H groups in total. The van der Waals surface area contributed by atoms with E-state index in [9.17, 15) is 0 Å². The van der Waals surface area contributed by atoms with E-state index in [0.29, 0.717) is 6.42 Å². The smallest absolute Gasteiger partial charge is 0.0530 e. The van der Waals surface area contributed by atoms with Crippen LogP contribution < -0.4 is 5.73 Å². The Kier molecular flexibility index (Phi) is 3.26. The van der Waals surface area contributed by atoms with Crippen molar-refractivity contribution in [1.82, 2.24) is 0 Å². The Morgan fingerprint density at radius 1 is 1.33 bits per heavy atom. The summed E-state index contributed by atoms with van der Waals surface area (Å²) in [5.41, 5.74) is 6.92. The molecule has 66 valence electrons. The van der Waals surface area contributed by atoms with Crippen molar-refractivity contribution in [3.05, 3.63) is 35.9 Å². The Morgan fingerprint density at radius 3 is 2.42 bits per heavy atom. The summed E-state index contributed by atoms with van der Waals surface area (Å²) in [5, 5.41) is 9.10. The van der Waals surface area contributed by atoms with Crippen LogP contribution in [0.1, 0.15) is 24.9 Å². The first kappa shape index (κ1) is 9.23. The van der Waals surface area contributed by atoms with Gasteiger partial charge in [-0.2, -0.15) is 0 Å². The monoisotopic (exact) mass is 165 g/mol. The van der Waals surface area contributed by atoms with Crippen LogP contribution in [0.25, 0.3) is 0 Å². The topological polar surface area (TPSA) is 46.2 Å². The van der Waals surface area contributed by atoms with Crippen LogP contribution in [0, 0.1) is 0 Å². The lowest BCUT2D eigenvalue weighted by molar-refractivity contribution is 0.175. The van der Waals surface area contributed by atoms with E-state index in [1.165, 1.54) is 0 Å². The summed E-state index contributed by atoms with van der Waals surface area (Å²) < 4.78 is 0. The number of hydrogen-bond donors (Lipinski definition) is 2. The molecule has 2 nitrogen and oxygen atoms in total. The number of rotatable bonds is 3. The third-order valence-electron chi connectivity index (χ3n) is 1.82. The molecule has 0 spiro atoms. The highest BCUT2D eigenvalue weighted by molar-refractivity contribution is 5.18. The molecule has 0 aliphatic heterocycles. The molecule has 0 aliphatic rings. The second kappa shape index (κ2) is 4.24. The third-order valence-corrected chi connectivity index (χ3v) is 1.82. The number of aliphatic hydroxyl groups excluding tert-OH is 1. The fourth-order valence-corrected chi connectivity index (χ4v) is 1.20. The van der Waals surface area contributed by atoms with Crippen molar-refractivity contribution < 1.29 is 5.11 Å². The molecular formula is C10H15NO. The van der Waals surface area contributed by atoms with E-state index in [2.05, 4.69) is 0 Å². The summed E-state index contributed by atoms with van der Waals surface area (Å²) in [6, 6.07) is 9.78. The standard InChI is InChI=1S/C10H15NO/c1-8(12)7-10(11)9-5-3-2-4-6-9/h2-6,8,10,12H,7,11H2,1H3/t8-,10+/m1/s1. The molecule has 0 aliphatic carbocycles. The molecule has 0 saturated heterocycles. The summed E-state index contributed by atoms with van der Waals surface area (Å²) in [4.78, 5) is 0. The van der Waals surface area contributed by atoms with Crippen LogP contribution in [0.3, 0.4) is 0 Å². The van der Waals surface area contributed by atoms with Crippen LogP contribution in [-0.2, 0) is 0 Å². The van der Waals surface area contributed by atoms with Crippen molar-refractivity contribution in [3.8, 4) is 0 Å². The van der Waals surface area contributed by atoms with E-state index in [1.807, 2.05) is 30.3 Å². The summed E-state index contributed by atoms with van der Waals surface area (Å²) in [6.45, 7) is 1.75. The first-order chi connectivity index (χ1) is 5.70. The number of aliphatic hydroxyl groups is 1. The van der Waals surface area contributed by atoms with Crippen LogP contribution in [-0.4, -0.2) is 11.2 Å². The van der Waals surface area contributed by atoms with Gasteiger partial charge in [-0.3, -0.25) is 0 Å². The fraction of sp³-hybridized carbons (Fsp3) is 0.400. The minimum Gasteiger partial charge on any atom is -0.393 e. The average Bonchev–Trinajstić information content (AvgIpc) is 2.05. The van der Waals surface area contributed by atoms with E-state index in [4.69, 9.17) is 10.8 Å². The van der Waals surface area contributed by atoms with Gasteiger partial charge in [-0.1, -0.05) is 30.3 Å². The van der Waals surface area contributed by atoms with Crippen LogP contribution >= 0.6 is 0 Å². The molecule has 0 radical (unpaired) electrons. The normalized spacial score (nSPS) is 15.6. The Morgan fingerprint density at radius 2 is 1.92 bits per heavy atom. The van der Waals surface area contributed by atoms with E-state index >= 15 is 0 Å². The van der Waals surface area contributed by atoms with Crippen molar-refractivity contribution in [2.24, 2.45) is 5.73 Å². The Balaban J connectivity index is 2.59. The number of benzene rings is 1. The second-order valence-corrected chi connectivity index (χ2v) is 3.10. The van der Waals surface area contributed by atoms with Gasteiger partial charge in [0.25, 0.3) is 0 Å². The van der Waals surface area contributed by atoms with Crippen LogP contribution in [0.4, 0.5) is 0 Å². The highest BCUT2D eigenvalue weighted by Gasteiger charge is 2.07. The van der Waals surface area contributed by atoms with Gasteiger partial charge < -0.3 is 10.8 Å². The Bertz CT molecular complexity index is 221. The molecule has 0 fully saturated rings. The quantitative estimate of drug-likeness (QED) is 0.712. The first-order valence-electron chi connectivity index (χ1n) is 4.18. The van der Waals surface area contributed by atoms with Gasteiger partial charge in [0.1, 0.15) is 0 Å². The highest BCUT2D eigenvalue weighted by atomic mass is 16.3. The predicted octanol–water partition coefficient (Wildman–Crippen LogP) is 1.46. The molecule has 2 heteroatoms. The zero-order chi connectivity index (χ0) is 8.97. The Labute approximate surface area is 73.0 Å². The molecule has 12 heavy (non-hydrogen) atoms. The molecular weight excluding hydrogens is 150 g/mol. The lowest BCUT2D eigenvalue weighted by Gasteiger charge is -2.13. The van der Waals surface area contributed by atoms with Crippen molar-refractivity contribution in [1.29, 1.82) is 0 Å². The SMILES string of the molecule is C[C@@H](O)C[C@H](N)c1ccccc1. The van der Waals surface area contributed by atoms with Gasteiger partial charge in [-0.05, 0) is 18.9 Å². The molecule has 0 bridgehead atoms. The molecule has 0 aromatic heterocycles. The van der Waals surface area contributed by atoms with Crippen LogP contribution in [0.5, 0.6) is 0 Å². The summed E-state index contributed by atoms with van der Waals surface area (Å²) in [6.07, 6.45) is 0.282. The van der Waals surface area contributed by atoms with Gasteiger partial charge >= 0.3 is 0 Å². The van der Waals surface area contributed by atoms with Gasteiger partial charge in [-0.15, -0.1) is 0 Å². The molecule has 2 atom stereocenters. The van der Waals surface area contributed by atoms with Crippen molar-refractivity contribution in [2.45, 2.75) is 25.5 Å². The third kappa shape index (κ3) is 2.64. The van der Waals surface area contributed by atoms with Crippen LogP contribution in [0.2, 0.25) is 0 Å². The van der Waals surface area contributed by atoms with E-state index in [-0.39, 0.29) is 12.1 Å². The fourth-order valence-electron chi connectivity index (χ4n) is 1.20. The summed E-state index contributed by atoms with van der Waals surface area (Å²) in [5.74, 6) is 0. The first-order valence-corrected chi connectivity index (χ1v) is 4.18. The largest absolute Gasteiger partial charge is 0.393 e. The summed E-state index contributed by atoms with van der Waals surface area (Å²) in [7, 11) is 0. The molecule has 1 rings (SSSR count). The highest BCUT2D eigenvalue weighted by Crippen LogP contribution is 2.14. The molecule has 0 unspecified atom stereocenters. The molecule has 1 aromatic carbocycles. The lowest BCUT2D eigenvalue weighted by Crippen LogP contribution is -2.16. The Hall–Kier alpha value is -0.860. The number of hydrogen-bond acceptors (Lipinski definition) is 2. The predicted molar refractivity (Wildman–Crippen MR) is 49.7 cm³/mol. The molecule has 1 aromatic rings. The lowest BCUT2D eigenvalue weighted by atomic mass is 10.0. The van der Waals surface area contributed by atoms with Gasteiger partial charge in [0.2, 0.25) is 0 Å². The molecule has 0 heterocycles. The van der Waals surface area contributed by atoms with Crippen molar-refractivity contribution in [2.75, 3.05) is 0 Å². The van der Waals surface area contributed by atoms with E-state index in [1.54, 1.807) is 6.92 Å². The zero-order valence-corrected chi connectivity index (χ0v) is 7.27. The maximum absolute atomic E-state index is 9.10. The maximum atomic E-state index is 9.10. The molecule has 0 amide bonds. The van der Waals surface area contributed by atoms with Gasteiger partial charge in [0.15, 0.2) is 0 Å². The van der Waals surface area contributed by atoms with Crippen LogP contribution in [0.15, 0.2) is 30.3 Å². The number of nitrogens with two attached hydrogens (primary N) is 1. The minimum absolute atomic E-state index is 0.0498. The van der Waals surface area contributed by atoms with E-state index < -0.39 is 0 Å². The van der Waals surface area contributed by atoms with Gasteiger partial charge in [0.05, 0.1) is 6.10 Å². The molecule has 0 saturated carbocycles. The van der Waals surface area contributed by atoms with E-state index in [0.717, 1.165) is 5.56 Å². The van der Waals surface area contributed by atoms with Gasteiger partial charge in [0, 0.05) is 6.04 Å². The average molecular weight is 165 g/mol. The second-order valence-electron chi connectivity index (χ2n) is 3.10. The van der Waals surface area contributed by atoms with Crippen molar-refractivity contribution >= 4 is 0 Å². The minimum atomic E-state index is -0.333. The summed E-state index contributed by atoms with van der Waals surface area (Å²) >= 11 is 0. The van der Waals surface area contributed by atoms with Gasteiger partial charge in [-0.25, -0.2) is 0 Å². The van der Waals surface area contributed by atoms with Crippen molar-refractivity contribution in [3.63, 3.8) is 0 Å². The zero-order valence-electron chi connectivity index (χ0n) is 7.27.